The second-order valence-electron chi connectivity index (χ2n) is 3.14. The monoisotopic (exact) mass is 271 g/mol. The number of carbonyl (C=O) groups is 1. The topological polar surface area (TPSA) is 40.5 Å². The van der Waals surface area contributed by atoms with E-state index in [0.717, 1.165) is 18.8 Å². The van der Waals surface area contributed by atoms with Crippen LogP contribution in [0.5, 0.6) is 0 Å². The Labute approximate surface area is 97.8 Å². The summed E-state index contributed by atoms with van der Waals surface area (Å²) in [4.78, 5) is 13.0. The van der Waals surface area contributed by atoms with Gasteiger partial charge in [-0.3, -0.25) is 0 Å². The molecule has 1 N–H and O–H groups in total. The van der Waals surface area contributed by atoms with Gasteiger partial charge in [0.05, 0.1) is 5.56 Å². The molecule has 0 fully saturated rings. The maximum Gasteiger partial charge on any atom is 0.336 e. The lowest BCUT2D eigenvalue weighted by atomic mass is 10.2. The van der Waals surface area contributed by atoms with Gasteiger partial charge in [0.25, 0.3) is 0 Å². The molecule has 1 aromatic carbocycles. The van der Waals surface area contributed by atoms with Gasteiger partial charge in [-0.25, -0.2) is 4.79 Å². The van der Waals surface area contributed by atoms with E-state index in [0.29, 0.717) is 10.0 Å². The first kappa shape index (κ1) is 12.0. The Morgan fingerprint density at radius 2 is 2.00 bits per heavy atom. The number of halogens is 1. The predicted molar refractivity (Wildman–Crippen MR) is 64.7 cm³/mol. The minimum Gasteiger partial charge on any atom is -0.478 e. The number of carboxylic acids is 1. The molecule has 0 atom stereocenters. The minimum atomic E-state index is -0.907. The molecule has 0 bridgehead atoms. The standard InChI is InChI=1S/C11H14BrNO2/c1-3-13(4-2)8-5-6-10(12)9(7-8)11(14)15/h5-7H,3-4H2,1-2H3,(H,14,15). The molecular weight excluding hydrogens is 258 g/mol. The van der Waals surface area contributed by atoms with Crippen LogP contribution in [0.1, 0.15) is 24.2 Å². The normalized spacial score (nSPS) is 10.1. The van der Waals surface area contributed by atoms with Crippen LogP contribution in [0, 0.1) is 0 Å². The van der Waals surface area contributed by atoms with Crippen LogP contribution in [0.4, 0.5) is 5.69 Å². The molecule has 0 aliphatic heterocycles. The summed E-state index contributed by atoms with van der Waals surface area (Å²) in [6.45, 7) is 5.84. The van der Waals surface area contributed by atoms with Crippen LogP contribution in [-0.2, 0) is 0 Å². The predicted octanol–water partition coefficient (Wildman–Crippen LogP) is 2.99. The number of benzene rings is 1. The Kier molecular flexibility index (Phi) is 4.15. The SMILES string of the molecule is CCN(CC)c1ccc(Br)c(C(=O)O)c1. The molecule has 0 aromatic heterocycles. The van der Waals surface area contributed by atoms with Gasteiger partial charge in [-0.15, -0.1) is 0 Å². The van der Waals surface area contributed by atoms with Crippen LogP contribution in [-0.4, -0.2) is 24.2 Å². The molecule has 0 saturated carbocycles. The van der Waals surface area contributed by atoms with Crippen LogP contribution in [0.15, 0.2) is 22.7 Å². The van der Waals surface area contributed by atoms with Gasteiger partial charge in [-0.05, 0) is 48.0 Å². The van der Waals surface area contributed by atoms with Gasteiger partial charge in [0.1, 0.15) is 0 Å². The molecule has 0 radical (unpaired) electrons. The number of hydrogen-bond donors (Lipinski definition) is 1. The van der Waals surface area contributed by atoms with Crippen molar-refractivity contribution in [3.63, 3.8) is 0 Å². The van der Waals surface area contributed by atoms with E-state index in [1.54, 1.807) is 12.1 Å². The third kappa shape index (κ3) is 2.72. The molecule has 4 heteroatoms. The van der Waals surface area contributed by atoms with Crippen LogP contribution < -0.4 is 4.90 Å². The second kappa shape index (κ2) is 5.16. The fourth-order valence-corrected chi connectivity index (χ4v) is 1.88. The van der Waals surface area contributed by atoms with Crippen LogP contribution >= 0.6 is 15.9 Å². The summed E-state index contributed by atoms with van der Waals surface area (Å²) in [5, 5.41) is 8.97. The number of aromatic carboxylic acids is 1. The van der Waals surface area contributed by atoms with Gasteiger partial charge in [0.2, 0.25) is 0 Å². The Morgan fingerprint density at radius 1 is 1.40 bits per heavy atom. The van der Waals surface area contributed by atoms with E-state index in [-0.39, 0.29) is 0 Å². The van der Waals surface area contributed by atoms with Crippen molar-refractivity contribution in [2.45, 2.75) is 13.8 Å². The summed E-state index contributed by atoms with van der Waals surface area (Å²) < 4.78 is 0.617. The van der Waals surface area contributed by atoms with Gasteiger partial charge >= 0.3 is 5.97 Å². The van der Waals surface area contributed by atoms with Gasteiger partial charge in [0, 0.05) is 23.2 Å². The fourth-order valence-electron chi connectivity index (χ4n) is 1.46. The molecule has 82 valence electrons. The lowest BCUT2D eigenvalue weighted by molar-refractivity contribution is 0.0696. The van der Waals surface area contributed by atoms with Crippen molar-refractivity contribution in [2.24, 2.45) is 0 Å². The maximum absolute atomic E-state index is 10.9. The summed E-state index contributed by atoms with van der Waals surface area (Å²) in [6.07, 6.45) is 0. The molecule has 0 heterocycles. The maximum atomic E-state index is 10.9. The molecule has 1 aromatic rings. The van der Waals surface area contributed by atoms with Crippen molar-refractivity contribution in [2.75, 3.05) is 18.0 Å². The van der Waals surface area contributed by atoms with Crippen molar-refractivity contribution in [1.29, 1.82) is 0 Å². The average Bonchev–Trinajstić information content (AvgIpc) is 2.21. The number of rotatable bonds is 4. The van der Waals surface area contributed by atoms with E-state index in [4.69, 9.17) is 5.11 Å². The summed E-state index contributed by atoms with van der Waals surface area (Å²) in [7, 11) is 0. The molecule has 1 rings (SSSR count). The zero-order valence-corrected chi connectivity index (χ0v) is 10.4. The smallest absolute Gasteiger partial charge is 0.336 e. The van der Waals surface area contributed by atoms with Crippen molar-refractivity contribution in [3.05, 3.63) is 28.2 Å². The highest BCUT2D eigenvalue weighted by molar-refractivity contribution is 9.10. The first-order valence-electron chi connectivity index (χ1n) is 4.88. The molecule has 0 spiro atoms. The lowest BCUT2D eigenvalue weighted by Gasteiger charge is -2.21. The molecule has 0 unspecified atom stereocenters. The van der Waals surface area contributed by atoms with Gasteiger partial charge in [-0.1, -0.05) is 0 Å². The minimum absolute atomic E-state index is 0.305. The van der Waals surface area contributed by atoms with Gasteiger partial charge < -0.3 is 10.0 Å². The Balaban J connectivity index is 3.11. The van der Waals surface area contributed by atoms with Gasteiger partial charge in [-0.2, -0.15) is 0 Å². The summed E-state index contributed by atoms with van der Waals surface area (Å²) >= 11 is 3.22. The average molecular weight is 272 g/mol. The zero-order valence-electron chi connectivity index (χ0n) is 8.83. The molecule has 0 saturated heterocycles. The summed E-state index contributed by atoms with van der Waals surface area (Å²) in [5.41, 5.74) is 1.25. The summed E-state index contributed by atoms with van der Waals surface area (Å²) in [6, 6.07) is 5.39. The number of hydrogen-bond acceptors (Lipinski definition) is 2. The zero-order chi connectivity index (χ0) is 11.4. The van der Waals surface area contributed by atoms with E-state index in [2.05, 4.69) is 20.8 Å². The van der Waals surface area contributed by atoms with Gasteiger partial charge in [0.15, 0.2) is 0 Å². The molecular formula is C11H14BrNO2. The van der Waals surface area contributed by atoms with E-state index in [9.17, 15) is 4.79 Å². The highest BCUT2D eigenvalue weighted by atomic mass is 79.9. The Morgan fingerprint density at radius 3 is 2.47 bits per heavy atom. The highest BCUT2D eigenvalue weighted by Crippen LogP contribution is 2.23. The van der Waals surface area contributed by atoms with Crippen LogP contribution in [0.25, 0.3) is 0 Å². The Bertz CT molecular complexity index is 362. The van der Waals surface area contributed by atoms with E-state index < -0.39 is 5.97 Å². The largest absolute Gasteiger partial charge is 0.478 e. The number of carboxylic acid groups (broad SMARTS) is 1. The second-order valence-corrected chi connectivity index (χ2v) is 4.00. The van der Waals surface area contributed by atoms with E-state index in [1.807, 2.05) is 19.9 Å². The Hall–Kier alpha value is -1.03. The number of anilines is 1. The molecule has 0 aliphatic rings. The summed E-state index contributed by atoms with van der Waals surface area (Å²) in [5.74, 6) is -0.907. The van der Waals surface area contributed by atoms with Crippen molar-refractivity contribution >= 4 is 27.6 Å². The first-order chi connectivity index (χ1) is 7.10. The van der Waals surface area contributed by atoms with E-state index in [1.165, 1.54) is 0 Å². The lowest BCUT2D eigenvalue weighted by Crippen LogP contribution is -2.22. The van der Waals surface area contributed by atoms with Crippen molar-refractivity contribution in [3.8, 4) is 0 Å². The van der Waals surface area contributed by atoms with Crippen LogP contribution in [0.2, 0.25) is 0 Å². The van der Waals surface area contributed by atoms with Crippen molar-refractivity contribution < 1.29 is 9.90 Å². The molecule has 15 heavy (non-hydrogen) atoms. The van der Waals surface area contributed by atoms with Crippen LogP contribution in [0.3, 0.4) is 0 Å². The molecule has 0 amide bonds. The third-order valence-corrected chi connectivity index (χ3v) is 3.00. The van der Waals surface area contributed by atoms with E-state index >= 15 is 0 Å². The third-order valence-electron chi connectivity index (χ3n) is 2.31. The quantitative estimate of drug-likeness (QED) is 0.916. The highest BCUT2D eigenvalue weighted by Gasteiger charge is 2.10. The molecule has 0 aliphatic carbocycles. The molecule has 3 nitrogen and oxygen atoms in total. The first-order valence-corrected chi connectivity index (χ1v) is 5.67. The number of nitrogens with zero attached hydrogens (tertiary/aromatic N) is 1. The fraction of sp³-hybridized carbons (Fsp3) is 0.364. The van der Waals surface area contributed by atoms with Crippen molar-refractivity contribution in [1.82, 2.24) is 0 Å².